The number of nitrogens with one attached hydrogen (secondary N) is 1. The van der Waals surface area contributed by atoms with E-state index in [0.29, 0.717) is 33.2 Å². The quantitative estimate of drug-likeness (QED) is 0.371. The highest BCUT2D eigenvalue weighted by atomic mass is 79.9. The van der Waals surface area contributed by atoms with Gasteiger partial charge in [-0.2, -0.15) is 0 Å². The second-order valence-electron chi connectivity index (χ2n) is 7.08. The molecule has 0 aliphatic heterocycles. The summed E-state index contributed by atoms with van der Waals surface area (Å²) in [4.78, 5) is 27.5. The highest BCUT2D eigenvalue weighted by Gasteiger charge is 2.29. The van der Waals surface area contributed by atoms with Crippen LogP contribution in [0.3, 0.4) is 0 Å². The second kappa shape index (κ2) is 12.9. The molecule has 1 atom stereocenters. The summed E-state index contributed by atoms with van der Waals surface area (Å²) in [5.41, 5.74) is 0.880. The number of amides is 2. The van der Waals surface area contributed by atoms with Crippen molar-refractivity contribution in [2.75, 3.05) is 13.2 Å². The fourth-order valence-electron chi connectivity index (χ4n) is 3.03. The van der Waals surface area contributed by atoms with Crippen molar-refractivity contribution < 1.29 is 14.3 Å². The van der Waals surface area contributed by atoms with E-state index < -0.39 is 6.04 Å². The summed E-state index contributed by atoms with van der Waals surface area (Å²) in [6.07, 6.45) is 2.36. The molecule has 31 heavy (non-hydrogen) atoms. The summed E-state index contributed by atoms with van der Waals surface area (Å²) in [5, 5.41) is 4.11. The predicted molar refractivity (Wildman–Crippen MR) is 129 cm³/mol. The average molecular weight is 530 g/mol. The molecule has 8 heteroatoms. The molecule has 0 bridgehead atoms. The highest BCUT2D eigenvalue weighted by Crippen LogP contribution is 2.28. The summed E-state index contributed by atoms with van der Waals surface area (Å²) in [6, 6.07) is 11.7. The summed E-state index contributed by atoms with van der Waals surface area (Å²) >= 11 is 15.3. The van der Waals surface area contributed by atoms with Crippen LogP contribution in [0.5, 0.6) is 5.75 Å². The molecule has 0 spiro atoms. The van der Waals surface area contributed by atoms with E-state index in [1.807, 2.05) is 19.1 Å². The van der Waals surface area contributed by atoms with Gasteiger partial charge in [0.05, 0.1) is 4.47 Å². The molecule has 0 aliphatic rings. The van der Waals surface area contributed by atoms with Crippen molar-refractivity contribution in [3.63, 3.8) is 0 Å². The van der Waals surface area contributed by atoms with Gasteiger partial charge in [0.15, 0.2) is 6.61 Å². The van der Waals surface area contributed by atoms with Crippen LogP contribution in [0.15, 0.2) is 46.9 Å². The van der Waals surface area contributed by atoms with Crippen LogP contribution >= 0.6 is 39.1 Å². The van der Waals surface area contributed by atoms with Gasteiger partial charge in [-0.3, -0.25) is 9.59 Å². The van der Waals surface area contributed by atoms with Gasteiger partial charge >= 0.3 is 0 Å². The van der Waals surface area contributed by atoms with Crippen LogP contribution in [-0.4, -0.2) is 35.9 Å². The van der Waals surface area contributed by atoms with Crippen molar-refractivity contribution in [2.45, 2.75) is 45.7 Å². The van der Waals surface area contributed by atoms with Crippen LogP contribution in [0.1, 0.15) is 38.7 Å². The molecule has 2 amide bonds. The third kappa shape index (κ3) is 8.02. The Labute approximate surface area is 202 Å². The molecule has 2 rings (SSSR count). The van der Waals surface area contributed by atoms with Crippen LogP contribution in [-0.2, 0) is 16.1 Å². The number of carbonyl (C=O) groups is 2. The van der Waals surface area contributed by atoms with Crippen molar-refractivity contribution in [3.8, 4) is 5.75 Å². The first-order valence-corrected chi connectivity index (χ1v) is 11.8. The lowest BCUT2D eigenvalue weighted by atomic mass is 10.1. The minimum Gasteiger partial charge on any atom is -0.483 e. The molecule has 0 saturated heterocycles. The van der Waals surface area contributed by atoms with Crippen LogP contribution in [0.4, 0.5) is 0 Å². The van der Waals surface area contributed by atoms with Gasteiger partial charge in [0, 0.05) is 23.1 Å². The number of halogens is 3. The molecule has 2 aromatic carbocycles. The van der Waals surface area contributed by atoms with E-state index in [0.717, 1.165) is 18.4 Å². The van der Waals surface area contributed by atoms with Gasteiger partial charge < -0.3 is 15.0 Å². The van der Waals surface area contributed by atoms with Crippen molar-refractivity contribution in [3.05, 3.63) is 62.5 Å². The smallest absolute Gasteiger partial charge is 0.261 e. The topological polar surface area (TPSA) is 58.6 Å². The summed E-state index contributed by atoms with van der Waals surface area (Å²) in [6.45, 7) is 4.62. The Morgan fingerprint density at radius 1 is 1.10 bits per heavy atom. The maximum Gasteiger partial charge on any atom is 0.261 e. The Balaban J connectivity index is 2.18. The molecule has 168 valence electrons. The number of hydrogen-bond acceptors (Lipinski definition) is 3. The molecule has 0 fully saturated rings. The first-order chi connectivity index (χ1) is 14.8. The van der Waals surface area contributed by atoms with Gasteiger partial charge in [0.1, 0.15) is 11.8 Å². The molecule has 1 unspecified atom stereocenters. The molecule has 0 heterocycles. The number of benzene rings is 2. The van der Waals surface area contributed by atoms with Crippen molar-refractivity contribution in [1.29, 1.82) is 0 Å². The third-order valence-electron chi connectivity index (χ3n) is 4.73. The number of unbranched alkanes of at least 4 members (excludes halogenated alkanes) is 1. The molecular weight excluding hydrogens is 503 g/mol. The van der Waals surface area contributed by atoms with Gasteiger partial charge in [0.25, 0.3) is 5.91 Å². The molecule has 0 aliphatic carbocycles. The van der Waals surface area contributed by atoms with Crippen LogP contribution in [0, 0.1) is 0 Å². The minimum atomic E-state index is -0.600. The zero-order chi connectivity index (χ0) is 22.8. The molecular formula is C23H27BrCl2N2O3. The number of carbonyl (C=O) groups excluding carboxylic acids is 2. The summed E-state index contributed by atoms with van der Waals surface area (Å²) in [5.74, 6) is 0.0601. The first kappa shape index (κ1) is 25.5. The number of ether oxygens (including phenoxy) is 1. The fraction of sp³-hybridized carbons (Fsp3) is 0.391. The average Bonchev–Trinajstić information content (AvgIpc) is 2.74. The lowest BCUT2D eigenvalue weighted by molar-refractivity contribution is -0.143. The number of hydrogen-bond donors (Lipinski definition) is 1. The monoisotopic (exact) mass is 528 g/mol. The SMILES string of the molecule is CCCCNC(=O)C(CC)N(Cc1ccc(Cl)cc1)C(=O)COc1ccc(Cl)cc1Br. The lowest BCUT2D eigenvalue weighted by Gasteiger charge is -2.30. The van der Waals surface area contributed by atoms with Crippen molar-refractivity contribution in [1.82, 2.24) is 10.2 Å². The Kier molecular flexibility index (Phi) is 10.6. The van der Waals surface area contributed by atoms with Crippen molar-refractivity contribution >= 4 is 50.9 Å². The standard InChI is InChI=1S/C23H27BrCl2N2O3/c1-3-5-12-27-23(30)20(4-2)28(14-16-6-8-17(25)9-7-16)22(29)15-31-21-11-10-18(26)13-19(21)24/h6-11,13,20H,3-5,12,14-15H2,1-2H3,(H,27,30). The first-order valence-electron chi connectivity index (χ1n) is 10.2. The van der Waals surface area contributed by atoms with Gasteiger partial charge in [-0.15, -0.1) is 0 Å². The molecule has 1 N–H and O–H groups in total. The third-order valence-corrected chi connectivity index (χ3v) is 5.83. The van der Waals surface area contributed by atoms with E-state index in [4.69, 9.17) is 27.9 Å². The molecule has 5 nitrogen and oxygen atoms in total. The summed E-state index contributed by atoms with van der Waals surface area (Å²) in [7, 11) is 0. The van der Waals surface area contributed by atoms with E-state index >= 15 is 0 Å². The van der Waals surface area contributed by atoms with E-state index in [-0.39, 0.29) is 25.0 Å². The van der Waals surface area contributed by atoms with Gasteiger partial charge in [-0.05, 0) is 64.7 Å². The van der Waals surface area contributed by atoms with Crippen LogP contribution < -0.4 is 10.1 Å². The maximum atomic E-state index is 13.2. The number of rotatable bonds is 11. The largest absolute Gasteiger partial charge is 0.483 e. The number of nitrogens with zero attached hydrogens (tertiary/aromatic N) is 1. The highest BCUT2D eigenvalue weighted by molar-refractivity contribution is 9.10. The van der Waals surface area contributed by atoms with Crippen LogP contribution in [0.2, 0.25) is 10.0 Å². The van der Waals surface area contributed by atoms with Gasteiger partial charge in [0.2, 0.25) is 5.91 Å². The van der Waals surface area contributed by atoms with E-state index in [1.54, 1.807) is 35.2 Å². The Morgan fingerprint density at radius 3 is 2.39 bits per heavy atom. The Morgan fingerprint density at radius 2 is 1.77 bits per heavy atom. The molecule has 0 saturated carbocycles. The van der Waals surface area contributed by atoms with E-state index in [1.165, 1.54) is 0 Å². The van der Waals surface area contributed by atoms with Crippen molar-refractivity contribution in [2.24, 2.45) is 0 Å². The Bertz CT molecular complexity index is 878. The fourth-order valence-corrected chi connectivity index (χ4v) is 3.95. The Hall–Kier alpha value is -1.76. The summed E-state index contributed by atoms with van der Waals surface area (Å²) < 4.78 is 6.37. The molecule has 0 radical (unpaired) electrons. The lowest BCUT2D eigenvalue weighted by Crippen LogP contribution is -2.50. The van der Waals surface area contributed by atoms with E-state index in [9.17, 15) is 9.59 Å². The normalized spacial score (nSPS) is 11.6. The van der Waals surface area contributed by atoms with E-state index in [2.05, 4.69) is 28.2 Å². The second-order valence-corrected chi connectivity index (χ2v) is 8.81. The van der Waals surface area contributed by atoms with Gasteiger partial charge in [-0.25, -0.2) is 0 Å². The van der Waals surface area contributed by atoms with Gasteiger partial charge in [-0.1, -0.05) is 55.6 Å². The maximum absolute atomic E-state index is 13.2. The van der Waals surface area contributed by atoms with Crippen LogP contribution in [0.25, 0.3) is 0 Å². The minimum absolute atomic E-state index is 0.161. The zero-order valence-electron chi connectivity index (χ0n) is 17.7. The molecule has 0 aromatic heterocycles. The zero-order valence-corrected chi connectivity index (χ0v) is 20.8. The molecule has 2 aromatic rings. The predicted octanol–water partition coefficient (Wildman–Crippen LogP) is 5.86.